The van der Waals surface area contributed by atoms with Crippen LogP contribution in [-0.4, -0.2) is 9.38 Å². The molecule has 6 rings (SSSR count). The quantitative estimate of drug-likeness (QED) is 0.241. The number of imidazole rings is 1. The van der Waals surface area contributed by atoms with E-state index in [0.29, 0.717) is 0 Å². The van der Waals surface area contributed by atoms with E-state index in [0.717, 1.165) is 29.7 Å². The van der Waals surface area contributed by atoms with Gasteiger partial charge >= 0.3 is 0 Å². The maximum atomic E-state index is 5.17. The molecule has 0 N–H and O–H groups in total. The standard InChI is InChI=1S/C35H32N2/c1-23-11-24(2)14-27(13-23)17-29-19-33(18-28-15-25(3)12-26(4)16-28)35-36-34(22-37(35)21-29)32-10-9-30-7-5-6-8-31(30)20-32/h5-16,19-22H,17-18H2,1-4H3. The van der Waals surface area contributed by atoms with Crippen LogP contribution >= 0.6 is 0 Å². The van der Waals surface area contributed by atoms with Crippen LogP contribution < -0.4 is 0 Å². The Labute approximate surface area is 219 Å². The summed E-state index contributed by atoms with van der Waals surface area (Å²) in [5.41, 5.74) is 13.7. The Morgan fingerprint density at radius 2 is 1.19 bits per heavy atom. The van der Waals surface area contributed by atoms with Crippen molar-refractivity contribution in [3.63, 3.8) is 0 Å². The number of benzene rings is 4. The molecule has 182 valence electrons. The average Bonchev–Trinajstić information content (AvgIpc) is 3.27. The Balaban J connectivity index is 1.47. The van der Waals surface area contributed by atoms with Gasteiger partial charge in [0.25, 0.3) is 0 Å². The van der Waals surface area contributed by atoms with Gasteiger partial charge in [-0.05, 0) is 73.7 Å². The van der Waals surface area contributed by atoms with Crippen molar-refractivity contribution >= 4 is 16.4 Å². The summed E-state index contributed by atoms with van der Waals surface area (Å²) in [4.78, 5) is 5.17. The lowest BCUT2D eigenvalue weighted by Gasteiger charge is -2.11. The maximum absolute atomic E-state index is 5.17. The smallest absolute Gasteiger partial charge is 0.141 e. The number of pyridine rings is 1. The Hall–Kier alpha value is -4.17. The lowest BCUT2D eigenvalue weighted by Crippen LogP contribution is -2.00. The van der Waals surface area contributed by atoms with Crippen molar-refractivity contribution in [3.05, 3.63) is 142 Å². The molecule has 2 aromatic heterocycles. The van der Waals surface area contributed by atoms with E-state index in [4.69, 9.17) is 4.98 Å². The minimum Gasteiger partial charge on any atom is -0.306 e. The maximum Gasteiger partial charge on any atom is 0.141 e. The van der Waals surface area contributed by atoms with Crippen molar-refractivity contribution in [2.45, 2.75) is 40.5 Å². The van der Waals surface area contributed by atoms with Crippen LogP contribution in [0, 0.1) is 27.7 Å². The highest BCUT2D eigenvalue weighted by Crippen LogP contribution is 2.27. The van der Waals surface area contributed by atoms with Crippen molar-refractivity contribution in [3.8, 4) is 11.3 Å². The van der Waals surface area contributed by atoms with Gasteiger partial charge in [-0.2, -0.15) is 0 Å². The second kappa shape index (κ2) is 9.37. The van der Waals surface area contributed by atoms with Crippen LogP contribution in [0.3, 0.4) is 0 Å². The van der Waals surface area contributed by atoms with Crippen molar-refractivity contribution in [2.75, 3.05) is 0 Å². The minimum atomic E-state index is 0.862. The van der Waals surface area contributed by atoms with E-state index in [-0.39, 0.29) is 0 Å². The molecule has 2 nitrogen and oxygen atoms in total. The summed E-state index contributed by atoms with van der Waals surface area (Å²) in [7, 11) is 0. The largest absolute Gasteiger partial charge is 0.306 e. The third kappa shape index (κ3) is 4.93. The van der Waals surface area contributed by atoms with Crippen LogP contribution in [0.5, 0.6) is 0 Å². The van der Waals surface area contributed by atoms with E-state index in [1.54, 1.807) is 0 Å². The molecule has 6 aromatic rings. The number of nitrogens with zero attached hydrogens (tertiary/aromatic N) is 2. The molecular weight excluding hydrogens is 448 g/mol. The van der Waals surface area contributed by atoms with Crippen molar-refractivity contribution in [2.24, 2.45) is 0 Å². The first-order chi connectivity index (χ1) is 17.9. The molecule has 0 saturated carbocycles. The van der Waals surface area contributed by atoms with Gasteiger partial charge < -0.3 is 4.40 Å². The summed E-state index contributed by atoms with van der Waals surface area (Å²) in [6, 6.07) is 31.2. The van der Waals surface area contributed by atoms with Gasteiger partial charge in [-0.3, -0.25) is 0 Å². The number of fused-ring (bicyclic) bond motifs is 2. The van der Waals surface area contributed by atoms with E-state index < -0.39 is 0 Å². The van der Waals surface area contributed by atoms with E-state index in [1.807, 2.05) is 0 Å². The number of aromatic nitrogens is 2. The lowest BCUT2D eigenvalue weighted by molar-refractivity contribution is 1.05. The zero-order valence-electron chi connectivity index (χ0n) is 22.0. The van der Waals surface area contributed by atoms with Gasteiger partial charge in [-0.15, -0.1) is 0 Å². The van der Waals surface area contributed by atoms with Crippen LogP contribution in [0.25, 0.3) is 27.7 Å². The minimum absolute atomic E-state index is 0.862. The van der Waals surface area contributed by atoms with E-state index in [9.17, 15) is 0 Å². The summed E-state index contributed by atoms with van der Waals surface area (Å²) in [6.45, 7) is 8.71. The summed E-state index contributed by atoms with van der Waals surface area (Å²) >= 11 is 0. The van der Waals surface area contributed by atoms with Gasteiger partial charge in [0.15, 0.2) is 0 Å². The predicted octanol–water partition coefficient (Wildman–Crippen LogP) is 8.57. The van der Waals surface area contributed by atoms with Crippen molar-refractivity contribution in [1.82, 2.24) is 9.38 Å². The molecule has 0 atom stereocenters. The van der Waals surface area contributed by atoms with Crippen LogP contribution in [0.15, 0.2) is 97.3 Å². The third-order valence-corrected chi connectivity index (χ3v) is 7.10. The highest BCUT2D eigenvalue weighted by molar-refractivity contribution is 5.87. The van der Waals surface area contributed by atoms with Crippen molar-refractivity contribution < 1.29 is 0 Å². The molecule has 2 heterocycles. The monoisotopic (exact) mass is 480 g/mol. The second-order valence-electron chi connectivity index (χ2n) is 10.6. The SMILES string of the molecule is Cc1cc(C)cc(Cc2cc(Cc3cc(C)cc(C)c3)c3nc(-c4ccc5ccccc5c4)cn3c2)c1. The van der Waals surface area contributed by atoms with E-state index in [2.05, 4.69) is 129 Å². The van der Waals surface area contributed by atoms with Gasteiger partial charge in [-0.1, -0.05) is 95.1 Å². The molecule has 37 heavy (non-hydrogen) atoms. The van der Waals surface area contributed by atoms with Crippen LogP contribution in [0.4, 0.5) is 0 Å². The van der Waals surface area contributed by atoms with Gasteiger partial charge in [0.1, 0.15) is 5.65 Å². The molecule has 0 amide bonds. The molecule has 4 aromatic carbocycles. The topological polar surface area (TPSA) is 17.3 Å². The third-order valence-electron chi connectivity index (χ3n) is 7.10. The fraction of sp³-hybridized carbons (Fsp3) is 0.171. The van der Waals surface area contributed by atoms with Crippen molar-refractivity contribution in [1.29, 1.82) is 0 Å². The summed E-state index contributed by atoms with van der Waals surface area (Å²) in [5, 5.41) is 2.49. The Kier molecular flexibility index (Phi) is 5.88. The fourth-order valence-electron chi connectivity index (χ4n) is 5.75. The highest BCUT2D eigenvalue weighted by Gasteiger charge is 2.13. The summed E-state index contributed by atoms with van der Waals surface area (Å²) < 4.78 is 2.24. The first-order valence-corrected chi connectivity index (χ1v) is 13.0. The zero-order chi connectivity index (χ0) is 25.5. The van der Waals surface area contributed by atoms with Gasteiger partial charge in [0.05, 0.1) is 5.69 Å². The molecule has 0 aliphatic carbocycles. The fourth-order valence-corrected chi connectivity index (χ4v) is 5.75. The molecule has 0 fully saturated rings. The van der Waals surface area contributed by atoms with Crippen LogP contribution in [-0.2, 0) is 12.8 Å². The highest BCUT2D eigenvalue weighted by atomic mass is 15.0. The molecule has 0 unspecified atom stereocenters. The van der Waals surface area contributed by atoms with Gasteiger partial charge in [0, 0.05) is 29.9 Å². The molecule has 0 aliphatic heterocycles. The molecule has 0 spiro atoms. The number of aryl methyl sites for hydroxylation is 4. The summed E-state index contributed by atoms with van der Waals surface area (Å²) in [6.07, 6.45) is 6.22. The average molecular weight is 481 g/mol. The van der Waals surface area contributed by atoms with E-state index >= 15 is 0 Å². The van der Waals surface area contributed by atoms with E-state index in [1.165, 1.54) is 55.3 Å². The van der Waals surface area contributed by atoms with Crippen LogP contribution in [0.1, 0.15) is 44.5 Å². The Morgan fingerprint density at radius 1 is 0.568 bits per heavy atom. The van der Waals surface area contributed by atoms with Gasteiger partial charge in [0.2, 0.25) is 0 Å². The van der Waals surface area contributed by atoms with Gasteiger partial charge in [-0.25, -0.2) is 4.98 Å². The molecular formula is C35H32N2. The molecule has 0 aliphatic rings. The first-order valence-electron chi connectivity index (χ1n) is 13.0. The first kappa shape index (κ1) is 23.2. The number of hydrogen-bond acceptors (Lipinski definition) is 1. The lowest BCUT2D eigenvalue weighted by atomic mass is 9.98. The predicted molar refractivity (Wildman–Crippen MR) is 156 cm³/mol. The summed E-state index contributed by atoms with van der Waals surface area (Å²) in [5.74, 6) is 0. The Bertz CT molecular complexity index is 1730. The molecule has 2 heteroatoms. The molecule has 0 radical (unpaired) electrons. The second-order valence-corrected chi connectivity index (χ2v) is 10.6. The molecule has 0 bridgehead atoms. The normalized spacial score (nSPS) is 11.5. The van der Waals surface area contributed by atoms with Crippen LogP contribution in [0.2, 0.25) is 0 Å². The Morgan fingerprint density at radius 3 is 1.86 bits per heavy atom. The molecule has 0 saturated heterocycles. The zero-order valence-corrected chi connectivity index (χ0v) is 22.0. The number of hydrogen-bond donors (Lipinski definition) is 0. The number of rotatable bonds is 5.